The monoisotopic (exact) mass is 279 g/mol. The van der Waals surface area contributed by atoms with Gasteiger partial charge >= 0.3 is 6.09 Å². The van der Waals surface area contributed by atoms with Gasteiger partial charge in [0.2, 0.25) is 5.79 Å². The second kappa shape index (κ2) is 4.64. The molecule has 2 aliphatic rings. The molecule has 3 N–H and O–H groups in total. The Morgan fingerprint density at radius 3 is 2.55 bits per heavy atom. The summed E-state index contributed by atoms with van der Waals surface area (Å²) in [5.74, 6) is -1.98. The van der Waals surface area contributed by atoms with E-state index in [2.05, 4.69) is 0 Å². The summed E-state index contributed by atoms with van der Waals surface area (Å²) in [7, 11) is 0. The molecule has 108 valence electrons. The molecule has 1 aromatic rings. The predicted octanol–water partition coefficient (Wildman–Crippen LogP) is 0.745. The first-order valence-corrected chi connectivity index (χ1v) is 6.63. The van der Waals surface area contributed by atoms with Gasteiger partial charge in [-0.05, 0) is 24.5 Å². The van der Waals surface area contributed by atoms with Crippen LogP contribution in [-0.2, 0) is 0 Å². The lowest BCUT2D eigenvalue weighted by Gasteiger charge is -2.30. The van der Waals surface area contributed by atoms with Gasteiger partial charge in [0.15, 0.2) is 6.10 Å². The molecule has 2 fully saturated rings. The Kier molecular flexibility index (Phi) is 3.07. The Balaban J connectivity index is 1.73. The van der Waals surface area contributed by atoms with Crippen LogP contribution in [0.1, 0.15) is 6.42 Å². The Hall–Kier alpha value is -1.79. The number of amides is 1. The second-order valence-electron chi connectivity index (χ2n) is 5.49. The molecule has 1 amide bonds. The van der Waals surface area contributed by atoms with Gasteiger partial charge in [0, 0.05) is 19.0 Å². The molecule has 1 heterocycles. The highest BCUT2D eigenvalue weighted by atomic mass is 16.6. The lowest BCUT2D eigenvalue weighted by molar-refractivity contribution is -0.227. The minimum absolute atomic E-state index is 0.0742. The van der Waals surface area contributed by atoms with Crippen molar-refractivity contribution in [2.24, 2.45) is 11.8 Å². The number of fused-ring (bicyclic) bond motifs is 1. The molecule has 1 aromatic carbocycles. The highest BCUT2D eigenvalue weighted by molar-refractivity contribution is 5.65. The van der Waals surface area contributed by atoms with Crippen molar-refractivity contribution >= 4 is 6.09 Å². The fourth-order valence-corrected chi connectivity index (χ4v) is 3.23. The third kappa shape index (κ3) is 2.10. The third-order valence-corrected chi connectivity index (χ3v) is 4.27. The average Bonchev–Trinajstić information content (AvgIpc) is 2.92. The molecular formula is C14H17NO5. The van der Waals surface area contributed by atoms with E-state index in [0.29, 0.717) is 18.7 Å². The van der Waals surface area contributed by atoms with E-state index in [1.54, 1.807) is 12.1 Å². The van der Waals surface area contributed by atoms with Gasteiger partial charge in [0.1, 0.15) is 5.75 Å². The van der Waals surface area contributed by atoms with E-state index in [0.717, 1.165) is 0 Å². The maximum Gasteiger partial charge on any atom is 0.407 e. The van der Waals surface area contributed by atoms with Gasteiger partial charge < -0.3 is 25.0 Å². The number of hydrogen-bond acceptors (Lipinski definition) is 4. The van der Waals surface area contributed by atoms with E-state index >= 15 is 0 Å². The molecule has 6 nitrogen and oxygen atoms in total. The molecule has 0 spiro atoms. The van der Waals surface area contributed by atoms with Crippen LogP contribution in [0.5, 0.6) is 5.75 Å². The van der Waals surface area contributed by atoms with Crippen LogP contribution in [0.25, 0.3) is 0 Å². The van der Waals surface area contributed by atoms with Crippen molar-refractivity contribution in [2.45, 2.75) is 18.3 Å². The number of para-hydroxylation sites is 1. The lowest BCUT2D eigenvalue weighted by Crippen LogP contribution is -2.48. The first kappa shape index (κ1) is 13.2. The predicted molar refractivity (Wildman–Crippen MR) is 69.2 cm³/mol. The van der Waals surface area contributed by atoms with Crippen LogP contribution in [0.2, 0.25) is 0 Å². The summed E-state index contributed by atoms with van der Waals surface area (Å²) in [5, 5.41) is 29.6. The zero-order valence-corrected chi connectivity index (χ0v) is 10.8. The molecular weight excluding hydrogens is 262 g/mol. The minimum Gasteiger partial charge on any atom is -0.485 e. The molecule has 3 unspecified atom stereocenters. The van der Waals surface area contributed by atoms with Crippen LogP contribution in [0.15, 0.2) is 30.3 Å². The smallest absolute Gasteiger partial charge is 0.407 e. The fourth-order valence-electron chi connectivity index (χ4n) is 3.23. The van der Waals surface area contributed by atoms with E-state index in [9.17, 15) is 15.0 Å². The molecule has 1 aliphatic carbocycles. The Labute approximate surface area is 116 Å². The van der Waals surface area contributed by atoms with E-state index < -0.39 is 23.9 Å². The molecule has 20 heavy (non-hydrogen) atoms. The SMILES string of the molecule is O=C(O)N1CC2CC(Oc3ccccc3)C(O)(O)C2C1. The van der Waals surface area contributed by atoms with E-state index in [-0.39, 0.29) is 12.5 Å². The van der Waals surface area contributed by atoms with Gasteiger partial charge in [-0.1, -0.05) is 18.2 Å². The van der Waals surface area contributed by atoms with Gasteiger partial charge in [0.25, 0.3) is 0 Å². The summed E-state index contributed by atoms with van der Waals surface area (Å²) in [5.41, 5.74) is 0. The van der Waals surface area contributed by atoms with E-state index in [1.165, 1.54) is 4.90 Å². The molecule has 1 saturated carbocycles. The summed E-state index contributed by atoms with van der Waals surface area (Å²) in [6.45, 7) is 0.471. The van der Waals surface area contributed by atoms with Gasteiger partial charge in [-0.25, -0.2) is 4.79 Å². The van der Waals surface area contributed by atoms with Crippen molar-refractivity contribution in [3.63, 3.8) is 0 Å². The van der Waals surface area contributed by atoms with Crippen LogP contribution in [0, 0.1) is 11.8 Å². The summed E-state index contributed by atoms with van der Waals surface area (Å²) in [6.07, 6.45) is -1.30. The maximum absolute atomic E-state index is 10.9. The number of ether oxygens (including phenoxy) is 1. The van der Waals surface area contributed by atoms with Gasteiger partial charge in [-0.2, -0.15) is 0 Å². The first-order valence-electron chi connectivity index (χ1n) is 6.63. The molecule has 0 radical (unpaired) electrons. The standard InChI is InChI=1S/C14H17NO5/c16-13(17)15-7-9-6-12(14(18,19)11(9)8-15)20-10-4-2-1-3-5-10/h1-5,9,11-12,18-19H,6-8H2,(H,16,17). The zero-order chi connectivity index (χ0) is 14.3. The average molecular weight is 279 g/mol. The van der Waals surface area contributed by atoms with Crippen molar-refractivity contribution in [2.75, 3.05) is 13.1 Å². The summed E-state index contributed by atoms with van der Waals surface area (Å²) >= 11 is 0. The van der Waals surface area contributed by atoms with Crippen molar-refractivity contribution in [3.8, 4) is 5.75 Å². The van der Waals surface area contributed by atoms with Crippen LogP contribution in [0.3, 0.4) is 0 Å². The number of carboxylic acid groups (broad SMARTS) is 1. The Bertz CT molecular complexity index is 504. The topological polar surface area (TPSA) is 90.2 Å². The van der Waals surface area contributed by atoms with Crippen molar-refractivity contribution < 1.29 is 24.9 Å². The molecule has 1 aliphatic heterocycles. The summed E-state index contributed by atoms with van der Waals surface area (Å²) in [6, 6.07) is 9.00. The highest BCUT2D eigenvalue weighted by Gasteiger charge is 2.59. The van der Waals surface area contributed by atoms with Crippen LogP contribution in [-0.4, -0.2) is 51.3 Å². The number of likely N-dealkylation sites (tertiary alicyclic amines) is 1. The van der Waals surface area contributed by atoms with Gasteiger partial charge in [0.05, 0.1) is 0 Å². The largest absolute Gasteiger partial charge is 0.485 e. The molecule has 3 atom stereocenters. The lowest BCUT2D eigenvalue weighted by atomic mass is 9.97. The normalized spacial score (nSPS) is 31.1. The summed E-state index contributed by atoms with van der Waals surface area (Å²) in [4.78, 5) is 12.2. The number of hydrogen-bond donors (Lipinski definition) is 3. The highest BCUT2D eigenvalue weighted by Crippen LogP contribution is 2.45. The molecule has 6 heteroatoms. The molecule has 0 aromatic heterocycles. The number of nitrogens with zero attached hydrogens (tertiary/aromatic N) is 1. The number of rotatable bonds is 2. The number of carbonyl (C=O) groups is 1. The maximum atomic E-state index is 10.9. The van der Waals surface area contributed by atoms with Crippen LogP contribution < -0.4 is 4.74 Å². The fraction of sp³-hybridized carbons (Fsp3) is 0.500. The van der Waals surface area contributed by atoms with Crippen molar-refractivity contribution in [1.29, 1.82) is 0 Å². The Morgan fingerprint density at radius 1 is 1.25 bits per heavy atom. The second-order valence-corrected chi connectivity index (χ2v) is 5.49. The van der Waals surface area contributed by atoms with Gasteiger partial charge in [-0.3, -0.25) is 0 Å². The van der Waals surface area contributed by atoms with E-state index in [4.69, 9.17) is 9.84 Å². The zero-order valence-electron chi connectivity index (χ0n) is 10.8. The van der Waals surface area contributed by atoms with Gasteiger partial charge in [-0.15, -0.1) is 0 Å². The van der Waals surface area contributed by atoms with Crippen molar-refractivity contribution in [3.05, 3.63) is 30.3 Å². The number of aliphatic hydroxyl groups is 2. The molecule has 3 rings (SSSR count). The summed E-state index contributed by atoms with van der Waals surface area (Å²) < 4.78 is 5.66. The Morgan fingerprint density at radius 2 is 1.95 bits per heavy atom. The quantitative estimate of drug-likeness (QED) is 0.695. The van der Waals surface area contributed by atoms with E-state index in [1.807, 2.05) is 18.2 Å². The molecule has 1 saturated heterocycles. The van der Waals surface area contributed by atoms with Crippen LogP contribution in [0.4, 0.5) is 4.79 Å². The first-order chi connectivity index (χ1) is 9.48. The van der Waals surface area contributed by atoms with Crippen LogP contribution >= 0.6 is 0 Å². The van der Waals surface area contributed by atoms with Crippen molar-refractivity contribution in [1.82, 2.24) is 4.90 Å². The third-order valence-electron chi connectivity index (χ3n) is 4.27. The molecule has 0 bridgehead atoms. The minimum atomic E-state index is -2.00. The number of benzene rings is 1.